The van der Waals surface area contributed by atoms with E-state index in [9.17, 15) is 4.39 Å². The number of piperidine rings is 1. The number of hydrogen-bond acceptors (Lipinski definition) is 6. The largest absolute Gasteiger partial charge is 0.368 e. The number of piperazine rings is 1. The second-order valence-electron chi connectivity index (χ2n) is 11.2. The van der Waals surface area contributed by atoms with E-state index in [1.54, 1.807) is 0 Å². The maximum atomic E-state index is 13.2. The molecule has 0 spiro atoms. The lowest BCUT2D eigenvalue weighted by Crippen LogP contribution is -2.47. The highest BCUT2D eigenvalue weighted by atomic mass is 32.1. The van der Waals surface area contributed by atoms with Crippen molar-refractivity contribution in [3.63, 3.8) is 0 Å². The monoisotopic (exact) mass is 561 g/mol. The maximum absolute atomic E-state index is 13.2. The molecule has 2 atom stereocenters. The summed E-state index contributed by atoms with van der Waals surface area (Å²) in [5, 5.41) is 7.04. The van der Waals surface area contributed by atoms with E-state index in [4.69, 9.17) is 22.2 Å². The van der Waals surface area contributed by atoms with Crippen LogP contribution in [0.25, 0.3) is 0 Å². The molecule has 3 heterocycles. The Kier molecular flexibility index (Phi) is 9.31. The number of thiocarbonyl (C=S) groups is 1. The van der Waals surface area contributed by atoms with Crippen LogP contribution in [0.1, 0.15) is 32.3 Å². The summed E-state index contributed by atoms with van der Waals surface area (Å²) in [5.74, 6) is 3.45. The molecule has 0 amide bonds. The molecule has 3 aromatic rings. The van der Waals surface area contributed by atoms with Gasteiger partial charge in [0.1, 0.15) is 17.5 Å². The Bertz CT molecular complexity index is 1240. The van der Waals surface area contributed by atoms with E-state index in [0.29, 0.717) is 29.4 Å². The number of benzene rings is 2. The van der Waals surface area contributed by atoms with Crippen LogP contribution < -0.4 is 25.3 Å². The summed E-state index contributed by atoms with van der Waals surface area (Å²) in [6, 6.07) is 19.4. The van der Waals surface area contributed by atoms with Crippen LogP contribution in [0.2, 0.25) is 0 Å². The van der Waals surface area contributed by atoms with Crippen LogP contribution in [0.15, 0.2) is 60.7 Å². The number of halogens is 1. The highest BCUT2D eigenvalue weighted by molar-refractivity contribution is 7.80. The van der Waals surface area contributed by atoms with E-state index in [0.717, 1.165) is 69.3 Å². The zero-order chi connectivity index (χ0) is 27.9. The first-order valence-corrected chi connectivity index (χ1v) is 14.8. The Morgan fingerprint density at radius 1 is 0.875 bits per heavy atom. The van der Waals surface area contributed by atoms with Gasteiger partial charge in [0.15, 0.2) is 5.11 Å². The number of aryl methyl sites for hydroxylation is 1. The zero-order valence-corrected chi connectivity index (χ0v) is 24.3. The quantitative estimate of drug-likeness (QED) is 0.282. The van der Waals surface area contributed by atoms with Gasteiger partial charge in [-0.05, 0) is 73.1 Å². The molecular formula is C31H40FN7S. The van der Waals surface area contributed by atoms with Gasteiger partial charge in [0.2, 0.25) is 5.95 Å². The van der Waals surface area contributed by atoms with Crippen LogP contribution in [0, 0.1) is 17.7 Å². The molecule has 40 heavy (non-hydrogen) atoms. The van der Waals surface area contributed by atoms with Gasteiger partial charge in [0.05, 0.1) is 0 Å². The lowest BCUT2D eigenvalue weighted by molar-refractivity contribution is 0.355. The first-order chi connectivity index (χ1) is 19.4. The van der Waals surface area contributed by atoms with Crippen LogP contribution in [-0.4, -0.2) is 60.9 Å². The van der Waals surface area contributed by atoms with Crippen molar-refractivity contribution in [2.24, 2.45) is 11.8 Å². The molecular weight excluding hydrogens is 521 g/mol. The Balaban J connectivity index is 1.24. The summed E-state index contributed by atoms with van der Waals surface area (Å²) >= 11 is 5.60. The van der Waals surface area contributed by atoms with Crippen molar-refractivity contribution in [2.45, 2.75) is 33.1 Å². The standard InChI is InChI=1S/C31H40FN7S/c1-23-19-24(2)22-39(21-23)29-20-28(38-17-15-37(16-18-38)27-8-4-3-5-9-27)34-30(35-29)36-31(40)33-14-6-7-25-10-12-26(32)13-11-25/h3-5,8-13,20,23-24H,6-7,14-19,21-22H2,1-2H3,(H2,33,34,35,36,40). The van der Waals surface area contributed by atoms with Crippen LogP contribution >= 0.6 is 12.2 Å². The van der Waals surface area contributed by atoms with E-state index in [1.165, 1.54) is 24.2 Å². The first-order valence-electron chi connectivity index (χ1n) is 14.4. The molecule has 1 aromatic heterocycles. The minimum absolute atomic E-state index is 0.208. The van der Waals surface area contributed by atoms with Crippen LogP contribution in [0.4, 0.5) is 27.7 Å². The number of nitrogens with one attached hydrogen (secondary N) is 2. The molecule has 2 aromatic carbocycles. The molecule has 7 nitrogen and oxygen atoms in total. The summed E-state index contributed by atoms with van der Waals surface area (Å²) in [6.07, 6.45) is 2.98. The van der Waals surface area contributed by atoms with E-state index >= 15 is 0 Å². The number of nitrogens with zero attached hydrogens (tertiary/aromatic N) is 5. The average Bonchev–Trinajstić information content (AvgIpc) is 2.96. The smallest absolute Gasteiger partial charge is 0.232 e. The average molecular weight is 562 g/mol. The highest BCUT2D eigenvalue weighted by Gasteiger charge is 2.25. The van der Waals surface area contributed by atoms with Gasteiger partial charge in [0.25, 0.3) is 0 Å². The topological polar surface area (TPSA) is 59.6 Å². The van der Waals surface area contributed by atoms with Crippen molar-refractivity contribution in [3.05, 3.63) is 72.0 Å². The Hall–Kier alpha value is -3.46. The molecule has 0 saturated carbocycles. The molecule has 2 unspecified atom stereocenters. The fraction of sp³-hybridized carbons (Fsp3) is 0.452. The minimum atomic E-state index is -0.208. The number of aromatic nitrogens is 2. The normalized spacial score (nSPS) is 19.4. The fourth-order valence-electron chi connectivity index (χ4n) is 5.78. The van der Waals surface area contributed by atoms with E-state index < -0.39 is 0 Å². The van der Waals surface area contributed by atoms with Gasteiger partial charge >= 0.3 is 0 Å². The summed E-state index contributed by atoms with van der Waals surface area (Å²) in [7, 11) is 0. The Morgan fingerprint density at radius 3 is 2.17 bits per heavy atom. The van der Waals surface area contributed by atoms with Crippen LogP contribution in [0.3, 0.4) is 0 Å². The summed E-state index contributed by atoms with van der Waals surface area (Å²) in [4.78, 5) is 17.0. The summed E-state index contributed by atoms with van der Waals surface area (Å²) in [5.41, 5.74) is 2.38. The number of hydrogen-bond donors (Lipinski definition) is 2. The molecule has 5 rings (SSSR count). The Labute approximate surface area is 242 Å². The first kappa shape index (κ1) is 28.1. The SMILES string of the molecule is CC1CC(C)CN(c2cc(N3CCN(c4ccccc4)CC3)nc(NC(=S)NCCCc3ccc(F)cc3)n2)C1. The number of rotatable bonds is 8. The predicted octanol–water partition coefficient (Wildman–Crippen LogP) is 5.34. The summed E-state index contributed by atoms with van der Waals surface area (Å²) < 4.78 is 13.2. The van der Waals surface area contributed by atoms with Crippen LogP contribution in [0.5, 0.6) is 0 Å². The number of para-hydroxylation sites is 1. The molecule has 0 radical (unpaired) electrons. The van der Waals surface area contributed by atoms with Crippen molar-refractivity contribution in [1.29, 1.82) is 0 Å². The third-order valence-corrected chi connectivity index (χ3v) is 7.93. The van der Waals surface area contributed by atoms with Crippen molar-refractivity contribution in [3.8, 4) is 0 Å². The molecule has 2 aliphatic rings. The summed E-state index contributed by atoms with van der Waals surface area (Å²) in [6.45, 7) is 11.0. The molecule has 2 saturated heterocycles. The van der Waals surface area contributed by atoms with E-state index in [1.807, 2.05) is 12.1 Å². The molecule has 0 aliphatic carbocycles. The van der Waals surface area contributed by atoms with Crippen molar-refractivity contribution < 1.29 is 4.39 Å². The predicted molar refractivity (Wildman–Crippen MR) is 167 cm³/mol. The Morgan fingerprint density at radius 2 is 1.50 bits per heavy atom. The lowest BCUT2D eigenvalue weighted by atomic mass is 9.92. The van der Waals surface area contributed by atoms with Gasteiger partial charge in [-0.15, -0.1) is 0 Å². The second-order valence-corrected chi connectivity index (χ2v) is 11.6. The van der Waals surface area contributed by atoms with Gasteiger partial charge in [0, 0.05) is 57.6 Å². The highest BCUT2D eigenvalue weighted by Crippen LogP contribution is 2.29. The molecule has 212 valence electrons. The molecule has 2 fully saturated rings. The van der Waals surface area contributed by atoms with Crippen molar-refractivity contribution in [2.75, 3.05) is 65.8 Å². The lowest BCUT2D eigenvalue weighted by Gasteiger charge is -2.38. The van der Waals surface area contributed by atoms with Gasteiger partial charge < -0.3 is 25.3 Å². The van der Waals surface area contributed by atoms with Gasteiger partial charge in [-0.2, -0.15) is 9.97 Å². The molecule has 2 aliphatic heterocycles. The minimum Gasteiger partial charge on any atom is -0.368 e. The van der Waals surface area contributed by atoms with Gasteiger partial charge in [-0.1, -0.05) is 44.2 Å². The van der Waals surface area contributed by atoms with E-state index in [-0.39, 0.29) is 5.82 Å². The third kappa shape index (κ3) is 7.59. The number of anilines is 4. The fourth-order valence-corrected chi connectivity index (χ4v) is 5.97. The zero-order valence-electron chi connectivity index (χ0n) is 23.5. The third-order valence-electron chi connectivity index (χ3n) is 7.68. The van der Waals surface area contributed by atoms with Gasteiger partial charge in [-0.3, -0.25) is 0 Å². The van der Waals surface area contributed by atoms with E-state index in [2.05, 4.69) is 75.6 Å². The van der Waals surface area contributed by atoms with Crippen molar-refractivity contribution >= 4 is 40.6 Å². The van der Waals surface area contributed by atoms with Crippen molar-refractivity contribution in [1.82, 2.24) is 15.3 Å². The maximum Gasteiger partial charge on any atom is 0.232 e. The molecule has 9 heteroatoms. The van der Waals surface area contributed by atoms with Crippen LogP contribution in [-0.2, 0) is 6.42 Å². The molecule has 0 bridgehead atoms. The second kappa shape index (κ2) is 13.3. The van der Waals surface area contributed by atoms with Gasteiger partial charge in [-0.25, -0.2) is 4.39 Å². The molecule has 2 N–H and O–H groups in total.